The first kappa shape index (κ1) is 18.9. The summed E-state index contributed by atoms with van der Waals surface area (Å²) in [6.07, 6.45) is 2.90. The lowest BCUT2D eigenvalue weighted by Gasteiger charge is -2.20. The van der Waals surface area contributed by atoms with Gasteiger partial charge in [-0.1, -0.05) is 11.8 Å². The molecule has 0 bridgehead atoms. The second-order valence-electron chi connectivity index (χ2n) is 5.93. The highest BCUT2D eigenvalue weighted by molar-refractivity contribution is 8.14. The van der Waals surface area contributed by atoms with Gasteiger partial charge >= 0.3 is 0 Å². The van der Waals surface area contributed by atoms with Crippen molar-refractivity contribution in [2.24, 2.45) is 4.99 Å². The minimum absolute atomic E-state index is 0. The maximum Gasteiger partial charge on any atom is 0.226 e. The van der Waals surface area contributed by atoms with Crippen LogP contribution in [0, 0.1) is 0 Å². The van der Waals surface area contributed by atoms with Gasteiger partial charge in [0.1, 0.15) is 5.75 Å². The average Bonchev–Trinajstić information content (AvgIpc) is 3.29. The summed E-state index contributed by atoms with van der Waals surface area (Å²) in [5.41, 5.74) is 0.804. The van der Waals surface area contributed by atoms with Gasteiger partial charge in [-0.05, 0) is 44.0 Å². The summed E-state index contributed by atoms with van der Waals surface area (Å²) in [5, 5.41) is 4.05. The van der Waals surface area contributed by atoms with Gasteiger partial charge in [0, 0.05) is 31.0 Å². The number of carbonyl (C=O) groups is 1. The number of ether oxygens (including phenoxy) is 1. The largest absolute Gasteiger partial charge is 0.494 e. The van der Waals surface area contributed by atoms with E-state index in [-0.39, 0.29) is 24.4 Å². The topological polar surface area (TPSA) is 53.9 Å². The Balaban J connectivity index is 0.00000208. The molecule has 5 nitrogen and oxygen atoms in total. The molecule has 1 aromatic carbocycles. The van der Waals surface area contributed by atoms with Crippen molar-refractivity contribution in [3.8, 4) is 5.75 Å². The molecule has 1 unspecified atom stereocenters. The van der Waals surface area contributed by atoms with Crippen molar-refractivity contribution in [3.63, 3.8) is 0 Å². The van der Waals surface area contributed by atoms with Gasteiger partial charge in [-0.2, -0.15) is 0 Å². The van der Waals surface area contributed by atoms with Gasteiger partial charge in [0.15, 0.2) is 5.17 Å². The predicted molar refractivity (Wildman–Crippen MR) is 103 cm³/mol. The zero-order chi connectivity index (χ0) is 16.2. The Morgan fingerprint density at radius 3 is 2.71 bits per heavy atom. The maximum atomic E-state index is 12.2. The van der Waals surface area contributed by atoms with Crippen LogP contribution in [-0.4, -0.2) is 47.5 Å². The highest BCUT2D eigenvalue weighted by Gasteiger charge is 2.31. The van der Waals surface area contributed by atoms with E-state index in [4.69, 9.17) is 9.73 Å². The minimum atomic E-state index is 0. The molecule has 1 saturated heterocycles. The number of benzene rings is 1. The third-order valence-electron chi connectivity index (χ3n) is 3.96. The van der Waals surface area contributed by atoms with E-state index in [0.29, 0.717) is 19.1 Å². The lowest BCUT2D eigenvalue weighted by atomic mass is 10.2. The molecule has 132 valence electrons. The molecule has 1 atom stereocenters. The van der Waals surface area contributed by atoms with Gasteiger partial charge in [0.25, 0.3) is 0 Å². The number of amides is 1. The summed E-state index contributed by atoms with van der Waals surface area (Å²) in [5.74, 6) is 1.79. The molecule has 1 aliphatic heterocycles. The fourth-order valence-electron chi connectivity index (χ4n) is 2.45. The second-order valence-corrected chi connectivity index (χ2v) is 6.92. The van der Waals surface area contributed by atoms with Gasteiger partial charge in [0.05, 0.1) is 12.6 Å². The fraction of sp³-hybridized carbons (Fsp3) is 0.529. The number of nitrogens with one attached hydrogen (secondary N) is 1. The zero-order valence-corrected chi connectivity index (χ0v) is 15.7. The Bertz CT molecular complexity index is 590. The van der Waals surface area contributed by atoms with Crippen LogP contribution in [0.25, 0.3) is 0 Å². The molecular weight excluding hydrogens is 346 g/mol. The molecule has 1 aliphatic carbocycles. The second kappa shape index (κ2) is 8.62. The van der Waals surface area contributed by atoms with E-state index in [1.807, 2.05) is 38.2 Å². The highest BCUT2D eigenvalue weighted by atomic mass is 35.5. The van der Waals surface area contributed by atoms with Crippen molar-refractivity contribution in [3.05, 3.63) is 24.3 Å². The number of anilines is 1. The van der Waals surface area contributed by atoms with Crippen LogP contribution in [-0.2, 0) is 4.79 Å². The molecule has 3 rings (SSSR count). The van der Waals surface area contributed by atoms with Crippen LogP contribution in [0.1, 0.15) is 26.2 Å². The summed E-state index contributed by atoms with van der Waals surface area (Å²) in [6.45, 7) is 2.59. The first-order valence-electron chi connectivity index (χ1n) is 8.12. The van der Waals surface area contributed by atoms with E-state index in [9.17, 15) is 4.79 Å². The minimum Gasteiger partial charge on any atom is -0.494 e. The maximum absolute atomic E-state index is 12.2. The average molecular weight is 370 g/mol. The number of rotatable bonds is 6. The van der Waals surface area contributed by atoms with Crippen molar-refractivity contribution < 1.29 is 9.53 Å². The molecule has 1 aromatic rings. The van der Waals surface area contributed by atoms with Gasteiger partial charge in [-0.15, -0.1) is 12.4 Å². The number of thioether (sulfide) groups is 1. The molecule has 0 aromatic heterocycles. The zero-order valence-electron chi connectivity index (χ0n) is 14.0. The van der Waals surface area contributed by atoms with Crippen molar-refractivity contribution in [1.29, 1.82) is 0 Å². The number of amidine groups is 1. The van der Waals surface area contributed by atoms with Gasteiger partial charge < -0.3 is 15.0 Å². The Morgan fingerprint density at radius 2 is 2.08 bits per heavy atom. The molecule has 24 heavy (non-hydrogen) atoms. The molecule has 1 heterocycles. The summed E-state index contributed by atoms with van der Waals surface area (Å²) in [4.78, 5) is 19.1. The molecule has 7 heteroatoms. The SMILES string of the molecule is CCOc1ccc(NC(=O)CC2CS/C(=N\C3CC3)N2C)cc1.Cl. The Kier molecular flexibility index (Phi) is 6.80. The van der Waals surface area contributed by atoms with E-state index in [2.05, 4.69) is 10.2 Å². The highest BCUT2D eigenvalue weighted by Crippen LogP contribution is 2.30. The monoisotopic (exact) mass is 369 g/mol. The molecule has 1 saturated carbocycles. The molecule has 1 N–H and O–H groups in total. The van der Waals surface area contributed by atoms with Crippen LogP contribution in [0.2, 0.25) is 0 Å². The Hall–Kier alpha value is -1.40. The fourth-order valence-corrected chi connectivity index (χ4v) is 3.71. The smallest absolute Gasteiger partial charge is 0.226 e. The summed E-state index contributed by atoms with van der Waals surface area (Å²) in [6, 6.07) is 8.23. The normalized spacial score (nSPS) is 21.5. The lowest BCUT2D eigenvalue weighted by Crippen LogP contribution is -2.33. The molecule has 2 fully saturated rings. The third-order valence-corrected chi connectivity index (χ3v) is 5.17. The van der Waals surface area contributed by atoms with E-state index in [1.165, 1.54) is 12.8 Å². The van der Waals surface area contributed by atoms with Crippen LogP contribution in [0.4, 0.5) is 5.69 Å². The summed E-state index contributed by atoms with van der Waals surface area (Å²) in [7, 11) is 2.04. The van der Waals surface area contributed by atoms with E-state index in [1.54, 1.807) is 11.8 Å². The van der Waals surface area contributed by atoms with Crippen LogP contribution in [0.3, 0.4) is 0 Å². The molecule has 0 radical (unpaired) electrons. The van der Waals surface area contributed by atoms with Crippen LogP contribution in [0.15, 0.2) is 29.3 Å². The van der Waals surface area contributed by atoms with Gasteiger partial charge in [0.2, 0.25) is 5.91 Å². The molecule has 1 amide bonds. The van der Waals surface area contributed by atoms with E-state index in [0.717, 1.165) is 22.4 Å². The van der Waals surface area contributed by atoms with Gasteiger partial charge in [-0.3, -0.25) is 9.79 Å². The lowest BCUT2D eigenvalue weighted by molar-refractivity contribution is -0.116. The number of nitrogens with zero attached hydrogens (tertiary/aromatic N) is 2. The van der Waals surface area contributed by atoms with Crippen molar-refractivity contribution in [2.45, 2.75) is 38.3 Å². The number of hydrogen-bond acceptors (Lipinski definition) is 4. The number of aliphatic imine (C=N–C) groups is 1. The van der Waals surface area contributed by atoms with Crippen LogP contribution < -0.4 is 10.1 Å². The van der Waals surface area contributed by atoms with E-state index >= 15 is 0 Å². The van der Waals surface area contributed by atoms with E-state index < -0.39 is 0 Å². The Labute approximate surface area is 153 Å². The predicted octanol–water partition coefficient (Wildman–Crippen LogP) is 3.40. The van der Waals surface area contributed by atoms with Crippen molar-refractivity contribution in [1.82, 2.24) is 4.90 Å². The standard InChI is InChI=1S/C17H23N3O2S.ClH/c1-3-22-15-8-6-12(7-9-15)18-16(21)10-14-11-23-17(20(14)2)19-13-4-5-13;/h6-9,13-14H,3-5,10-11H2,1-2H3,(H,18,21);1H/b19-17-;. The van der Waals surface area contributed by atoms with Gasteiger partial charge in [-0.25, -0.2) is 0 Å². The first-order valence-corrected chi connectivity index (χ1v) is 9.10. The number of halogens is 1. The van der Waals surface area contributed by atoms with Crippen molar-refractivity contribution >= 4 is 40.9 Å². The summed E-state index contributed by atoms with van der Waals surface area (Å²) >= 11 is 1.76. The molecular formula is C17H24ClN3O2S. The Morgan fingerprint density at radius 1 is 1.38 bits per heavy atom. The molecule has 2 aliphatic rings. The molecule has 0 spiro atoms. The van der Waals surface area contributed by atoms with Crippen LogP contribution in [0.5, 0.6) is 5.75 Å². The summed E-state index contributed by atoms with van der Waals surface area (Å²) < 4.78 is 5.40. The van der Waals surface area contributed by atoms with Crippen molar-refractivity contribution in [2.75, 3.05) is 24.7 Å². The first-order chi connectivity index (χ1) is 11.2. The number of carbonyl (C=O) groups excluding carboxylic acids is 1. The third kappa shape index (κ3) is 5.05. The number of hydrogen-bond donors (Lipinski definition) is 1. The quantitative estimate of drug-likeness (QED) is 0.834. The van der Waals surface area contributed by atoms with Crippen LogP contribution >= 0.6 is 24.2 Å².